The Morgan fingerprint density at radius 1 is 1.16 bits per heavy atom. The first-order chi connectivity index (χ1) is 12.0. The number of rotatable bonds is 5. The van der Waals surface area contributed by atoms with E-state index in [0.29, 0.717) is 0 Å². The van der Waals surface area contributed by atoms with E-state index in [1.54, 1.807) is 16.2 Å². The van der Waals surface area contributed by atoms with Gasteiger partial charge in [-0.3, -0.25) is 14.6 Å². The normalized spacial score (nSPS) is 17.4. The van der Waals surface area contributed by atoms with E-state index >= 15 is 0 Å². The molecule has 0 N–H and O–H groups in total. The maximum atomic E-state index is 12.8. The molecule has 134 valence electrons. The Labute approximate surface area is 158 Å². The largest absolute Gasteiger partial charge is 0.314 e. The molecule has 0 spiro atoms. The lowest BCUT2D eigenvalue weighted by molar-refractivity contribution is -0.123. The van der Waals surface area contributed by atoms with Crippen molar-refractivity contribution in [1.29, 1.82) is 0 Å². The lowest BCUT2D eigenvalue weighted by atomic mass is 10.2. The van der Waals surface area contributed by atoms with Gasteiger partial charge in [0.2, 0.25) is 5.91 Å². The van der Waals surface area contributed by atoms with Crippen LogP contribution >= 0.6 is 22.9 Å². The fourth-order valence-corrected chi connectivity index (χ4v) is 4.31. The van der Waals surface area contributed by atoms with E-state index in [9.17, 15) is 4.79 Å². The van der Waals surface area contributed by atoms with Gasteiger partial charge in [-0.2, -0.15) is 0 Å². The molecular weight excluding hydrogens is 354 g/mol. The van der Waals surface area contributed by atoms with Crippen LogP contribution in [-0.2, 0) is 11.3 Å². The number of hydrogen-bond acceptors (Lipinski definition) is 4. The fraction of sp³-hybridized carbons (Fsp3) is 0.421. The predicted octanol–water partition coefficient (Wildman–Crippen LogP) is 3.57. The average molecular weight is 378 g/mol. The van der Waals surface area contributed by atoms with Crippen molar-refractivity contribution in [3.8, 4) is 0 Å². The van der Waals surface area contributed by atoms with Gasteiger partial charge in [-0.25, -0.2) is 0 Å². The number of thiophene rings is 1. The van der Waals surface area contributed by atoms with Crippen molar-refractivity contribution in [2.24, 2.45) is 0 Å². The number of amides is 1. The lowest BCUT2D eigenvalue weighted by Gasteiger charge is -2.38. The van der Waals surface area contributed by atoms with Crippen LogP contribution in [0.25, 0.3) is 0 Å². The SMILES string of the molecule is C[C@H](C(=O)N(C)c1ccccc1)N1CCN(Cc2ccc(Cl)s2)CC1. The molecule has 1 aliphatic heterocycles. The second kappa shape index (κ2) is 8.32. The number of carbonyl (C=O) groups is 1. The number of hydrogen-bond donors (Lipinski definition) is 0. The van der Waals surface area contributed by atoms with Crippen LogP contribution in [0.15, 0.2) is 42.5 Å². The van der Waals surface area contributed by atoms with Crippen LogP contribution in [0, 0.1) is 0 Å². The molecule has 0 bridgehead atoms. The molecule has 3 rings (SSSR count). The summed E-state index contributed by atoms with van der Waals surface area (Å²) in [5.41, 5.74) is 0.938. The number of halogens is 1. The molecule has 2 heterocycles. The van der Waals surface area contributed by atoms with Gasteiger partial charge < -0.3 is 4.90 Å². The summed E-state index contributed by atoms with van der Waals surface area (Å²) in [5, 5.41) is 0. The Bertz CT molecular complexity index is 698. The van der Waals surface area contributed by atoms with Gasteiger partial charge in [-0.15, -0.1) is 11.3 Å². The molecule has 2 aromatic rings. The van der Waals surface area contributed by atoms with Crippen LogP contribution in [0.5, 0.6) is 0 Å². The third-order valence-electron chi connectivity index (χ3n) is 4.79. The summed E-state index contributed by atoms with van der Waals surface area (Å²) in [7, 11) is 1.85. The number of para-hydroxylation sites is 1. The van der Waals surface area contributed by atoms with Crippen molar-refractivity contribution in [3.63, 3.8) is 0 Å². The van der Waals surface area contributed by atoms with Gasteiger partial charge in [0.1, 0.15) is 0 Å². The molecule has 1 aromatic carbocycles. The molecule has 1 fully saturated rings. The van der Waals surface area contributed by atoms with Crippen LogP contribution in [0.3, 0.4) is 0 Å². The standard InChI is InChI=1S/C19H24ClN3OS/c1-15(19(24)21(2)16-6-4-3-5-7-16)23-12-10-22(11-13-23)14-17-8-9-18(20)25-17/h3-9,15H,10-14H2,1-2H3/t15-/m1/s1. The van der Waals surface area contributed by atoms with E-state index < -0.39 is 0 Å². The van der Waals surface area contributed by atoms with E-state index in [4.69, 9.17) is 11.6 Å². The van der Waals surface area contributed by atoms with E-state index in [0.717, 1.165) is 42.7 Å². The van der Waals surface area contributed by atoms with Crippen LogP contribution in [0.2, 0.25) is 4.34 Å². The summed E-state index contributed by atoms with van der Waals surface area (Å²) in [6.45, 7) is 6.72. The predicted molar refractivity (Wildman–Crippen MR) is 105 cm³/mol. The van der Waals surface area contributed by atoms with Crippen molar-refractivity contribution < 1.29 is 4.79 Å². The number of piperazine rings is 1. The van der Waals surface area contributed by atoms with Gasteiger partial charge >= 0.3 is 0 Å². The summed E-state index contributed by atoms with van der Waals surface area (Å²) in [5.74, 6) is 0.143. The zero-order chi connectivity index (χ0) is 17.8. The van der Waals surface area contributed by atoms with Crippen molar-refractivity contribution in [3.05, 3.63) is 51.7 Å². The highest BCUT2D eigenvalue weighted by molar-refractivity contribution is 7.16. The summed E-state index contributed by atoms with van der Waals surface area (Å²) in [6.07, 6.45) is 0. The highest BCUT2D eigenvalue weighted by Crippen LogP contribution is 2.23. The molecule has 0 aliphatic carbocycles. The molecule has 1 atom stereocenters. The van der Waals surface area contributed by atoms with Gasteiger partial charge in [0.15, 0.2) is 0 Å². The van der Waals surface area contributed by atoms with E-state index in [-0.39, 0.29) is 11.9 Å². The minimum atomic E-state index is -0.108. The van der Waals surface area contributed by atoms with Crippen molar-refractivity contribution in [2.45, 2.75) is 19.5 Å². The maximum Gasteiger partial charge on any atom is 0.243 e. The number of carbonyl (C=O) groups excluding carboxylic acids is 1. The summed E-state index contributed by atoms with van der Waals surface area (Å²) >= 11 is 7.65. The van der Waals surface area contributed by atoms with Gasteiger partial charge in [0, 0.05) is 50.3 Å². The average Bonchev–Trinajstić information content (AvgIpc) is 3.06. The molecule has 0 saturated carbocycles. The van der Waals surface area contributed by atoms with Gasteiger partial charge in [-0.1, -0.05) is 29.8 Å². The maximum absolute atomic E-state index is 12.8. The first-order valence-corrected chi connectivity index (χ1v) is 9.77. The zero-order valence-corrected chi connectivity index (χ0v) is 16.3. The smallest absolute Gasteiger partial charge is 0.243 e. The third kappa shape index (κ3) is 4.61. The molecule has 6 heteroatoms. The Balaban J connectivity index is 1.52. The zero-order valence-electron chi connectivity index (χ0n) is 14.7. The van der Waals surface area contributed by atoms with E-state index in [1.165, 1.54) is 4.88 Å². The summed E-state index contributed by atoms with van der Waals surface area (Å²) in [6, 6.07) is 13.8. The minimum absolute atomic E-state index is 0.108. The Morgan fingerprint density at radius 2 is 1.84 bits per heavy atom. The van der Waals surface area contributed by atoms with Crippen LogP contribution in [0.1, 0.15) is 11.8 Å². The first kappa shape index (κ1) is 18.4. The molecule has 0 radical (unpaired) electrons. The molecule has 1 amide bonds. The van der Waals surface area contributed by atoms with Gasteiger partial charge in [-0.05, 0) is 31.2 Å². The second-order valence-corrected chi connectivity index (χ2v) is 8.23. The Morgan fingerprint density at radius 3 is 2.44 bits per heavy atom. The van der Waals surface area contributed by atoms with Crippen molar-refractivity contribution in [1.82, 2.24) is 9.80 Å². The summed E-state index contributed by atoms with van der Waals surface area (Å²) < 4.78 is 0.844. The van der Waals surface area contributed by atoms with Crippen LogP contribution < -0.4 is 4.90 Å². The van der Waals surface area contributed by atoms with Crippen molar-refractivity contribution in [2.75, 3.05) is 38.1 Å². The van der Waals surface area contributed by atoms with Crippen LogP contribution in [-0.4, -0.2) is 55.0 Å². The fourth-order valence-electron chi connectivity index (χ4n) is 3.18. The third-order valence-corrected chi connectivity index (χ3v) is 6.01. The molecule has 1 aromatic heterocycles. The number of likely N-dealkylation sites (N-methyl/N-ethyl adjacent to an activating group) is 1. The van der Waals surface area contributed by atoms with Crippen LogP contribution in [0.4, 0.5) is 5.69 Å². The monoisotopic (exact) mass is 377 g/mol. The molecule has 25 heavy (non-hydrogen) atoms. The van der Waals surface area contributed by atoms with Gasteiger partial charge in [0.25, 0.3) is 0 Å². The lowest BCUT2D eigenvalue weighted by Crippen LogP contribution is -2.53. The Kier molecular flexibility index (Phi) is 6.12. The number of benzene rings is 1. The number of nitrogens with zero attached hydrogens (tertiary/aromatic N) is 3. The second-order valence-electron chi connectivity index (χ2n) is 6.43. The molecule has 1 aliphatic rings. The summed E-state index contributed by atoms with van der Waals surface area (Å²) in [4.78, 5) is 20.5. The quantitative estimate of drug-likeness (QED) is 0.797. The number of anilines is 1. The highest BCUT2D eigenvalue weighted by atomic mass is 35.5. The molecule has 4 nitrogen and oxygen atoms in total. The Hall–Kier alpha value is -1.40. The van der Waals surface area contributed by atoms with E-state index in [2.05, 4.69) is 15.9 Å². The van der Waals surface area contributed by atoms with E-state index in [1.807, 2.05) is 50.4 Å². The molecule has 0 unspecified atom stereocenters. The molecule has 1 saturated heterocycles. The minimum Gasteiger partial charge on any atom is -0.314 e. The van der Waals surface area contributed by atoms with Crippen molar-refractivity contribution >= 4 is 34.5 Å². The topological polar surface area (TPSA) is 26.8 Å². The molecular formula is C19H24ClN3OS. The highest BCUT2D eigenvalue weighted by Gasteiger charge is 2.28. The first-order valence-electron chi connectivity index (χ1n) is 8.58. The van der Waals surface area contributed by atoms with Gasteiger partial charge in [0.05, 0.1) is 10.4 Å².